The summed E-state index contributed by atoms with van der Waals surface area (Å²) in [6, 6.07) is 8.65. The van der Waals surface area contributed by atoms with Gasteiger partial charge in [-0.1, -0.05) is 44.7 Å². The number of anilines is 1. The van der Waals surface area contributed by atoms with Crippen LogP contribution in [-0.2, 0) is 7.05 Å². The van der Waals surface area contributed by atoms with Crippen molar-refractivity contribution in [2.75, 3.05) is 18.5 Å². The highest BCUT2D eigenvalue weighted by Gasteiger charge is 2.18. The second kappa shape index (κ2) is 7.63. The summed E-state index contributed by atoms with van der Waals surface area (Å²) < 4.78 is 3.69. The number of hydrogen-bond acceptors (Lipinski definition) is 2. The largest absolute Gasteiger partial charge is 0.336 e. The van der Waals surface area contributed by atoms with Gasteiger partial charge in [-0.3, -0.25) is 4.90 Å². The lowest BCUT2D eigenvalue weighted by molar-refractivity contribution is -0.628. The summed E-state index contributed by atoms with van der Waals surface area (Å²) in [5, 5.41) is 1.36. The van der Waals surface area contributed by atoms with Crippen LogP contribution in [0.3, 0.4) is 0 Å². The van der Waals surface area contributed by atoms with Crippen molar-refractivity contribution in [3.05, 3.63) is 24.3 Å². The van der Waals surface area contributed by atoms with Crippen LogP contribution in [0.1, 0.15) is 45.4 Å². The second-order valence-corrected chi connectivity index (χ2v) is 6.61. The van der Waals surface area contributed by atoms with Crippen LogP contribution in [0.2, 0.25) is 0 Å². The lowest BCUT2D eigenvalue weighted by atomic mass is 10.1. The first kappa shape index (κ1) is 15.3. The van der Waals surface area contributed by atoms with Gasteiger partial charge in [-0.15, -0.1) is 0 Å². The minimum atomic E-state index is 1.16. The van der Waals surface area contributed by atoms with Crippen LogP contribution in [0.25, 0.3) is 10.2 Å². The van der Waals surface area contributed by atoms with Gasteiger partial charge in [0.25, 0.3) is 0 Å². The average molecular weight is 291 g/mol. The number of unbranched alkanes of at least 4 members (excludes halogenated alkanes) is 5. The predicted molar refractivity (Wildman–Crippen MR) is 89.6 cm³/mol. The predicted octanol–water partition coefficient (Wildman–Crippen LogP) is 4.52. The minimum absolute atomic E-state index is 1.16. The van der Waals surface area contributed by atoms with Gasteiger partial charge < -0.3 is 0 Å². The molecule has 0 aliphatic carbocycles. The maximum Gasteiger partial charge on any atom is 0.336 e. The molecule has 2 nitrogen and oxygen atoms in total. The van der Waals surface area contributed by atoms with Crippen molar-refractivity contribution >= 4 is 26.7 Å². The molecule has 0 amide bonds. The quantitative estimate of drug-likeness (QED) is 0.512. The van der Waals surface area contributed by atoms with Crippen molar-refractivity contribution in [1.82, 2.24) is 0 Å². The highest BCUT2D eigenvalue weighted by Crippen LogP contribution is 2.25. The Bertz CT molecular complexity index is 533. The fourth-order valence-electron chi connectivity index (χ4n) is 2.65. The Hall–Kier alpha value is -1.09. The Morgan fingerprint density at radius 1 is 1.05 bits per heavy atom. The van der Waals surface area contributed by atoms with Crippen molar-refractivity contribution in [2.45, 2.75) is 45.4 Å². The number of aryl methyl sites for hydroxylation is 1. The molecule has 2 aromatic rings. The maximum atomic E-state index is 2.41. The van der Waals surface area contributed by atoms with Crippen molar-refractivity contribution < 1.29 is 4.57 Å². The van der Waals surface area contributed by atoms with E-state index in [9.17, 15) is 0 Å². The third-order valence-electron chi connectivity index (χ3n) is 3.89. The molecule has 0 saturated carbocycles. The molecule has 0 atom stereocenters. The van der Waals surface area contributed by atoms with Gasteiger partial charge in [0.15, 0.2) is 0 Å². The molecule has 0 bridgehead atoms. The van der Waals surface area contributed by atoms with Gasteiger partial charge in [0.2, 0.25) is 0 Å². The number of nitrogens with zero attached hydrogens (tertiary/aromatic N) is 2. The fourth-order valence-corrected chi connectivity index (χ4v) is 3.78. The molecular weight excluding hydrogens is 264 g/mol. The molecule has 0 unspecified atom stereocenters. The van der Waals surface area contributed by atoms with Crippen LogP contribution in [0.5, 0.6) is 0 Å². The zero-order valence-corrected chi connectivity index (χ0v) is 13.9. The number of hydrogen-bond donors (Lipinski definition) is 0. The van der Waals surface area contributed by atoms with E-state index in [0.29, 0.717) is 0 Å². The Balaban J connectivity index is 1.88. The van der Waals surface area contributed by atoms with Crippen LogP contribution < -0.4 is 9.47 Å². The zero-order valence-electron chi connectivity index (χ0n) is 13.1. The third-order valence-corrected chi connectivity index (χ3v) is 5.22. The van der Waals surface area contributed by atoms with Gasteiger partial charge in [-0.05, 0) is 36.3 Å². The molecule has 0 fully saturated rings. The van der Waals surface area contributed by atoms with Crippen LogP contribution in [0.15, 0.2) is 24.3 Å². The van der Waals surface area contributed by atoms with Crippen molar-refractivity contribution in [2.24, 2.45) is 7.05 Å². The highest BCUT2D eigenvalue weighted by molar-refractivity contribution is 7.21. The lowest BCUT2D eigenvalue weighted by Crippen LogP contribution is -2.35. The summed E-state index contributed by atoms with van der Waals surface area (Å²) in [6.07, 6.45) is 8.17. The average Bonchev–Trinajstić information content (AvgIpc) is 2.80. The van der Waals surface area contributed by atoms with E-state index in [1.54, 1.807) is 0 Å². The molecule has 1 heterocycles. The van der Waals surface area contributed by atoms with E-state index in [1.165, 1.54) is 53.9 Å². The Morgan fingerprint density at radius 3 is 2.50 bits per heavy atom. The van der Waals surface area contributed by atoms with Crippen LogP contribution in [0.4, 0.5) is 5.13 Å². The first-order valence-electron chi connectivity index (χ1n) is 7.82. The number of para-hydroxylation sites is 1. The standard InChI is InChI=1S/C17H27N2S/c1-4-5-6-7-8-11-14-18(2)17-19(3)15-12-9-10-13-16(15)20-17/h9-10,12-13H,4-8,11,14H2,1-3H3/q+1. The molecule has 0 radical (unpaired) electrons. The molecule has 3 heteroatoms. The Morgan fingerprint density at radius 2 is 1.75 bits per heavy atom. The number of rotatable bonds is 8. The molecule has 0 N–H and O–H groups in total. The molecule has 1 aromatic carbocycles. The summed E-state index contributed by atoms with van der Waals surface area (Å²) >= 11 is 1.89. The van der Waals surface area contributed by atoms with E-state index < -0.39 is 0 Å². The number of thiazole rings is 1. The van der Waals surface area contributed by atoms with E-state index >= 15 is 0 Å². The number of benzene rings is 1. The first-order chi connectivity index (χ1) is 9.74. The molecule has 0 saturated heterocycles. The van der Waals surface area contributed by atoms with Crippen molar-refractivity contribution in [1.29, 1.82) is 0 Å². The molecule has 20 heavy (non-hydrogen) atoms. The SMILES string of the molecule is CCCCCCCCN(C)c1sc2ccccc2[n+]1C. The maximum absolute atomic E-state index is 2.41. The summed E-state index contributed by atoms with van der Waals surface area (Å²) in [5.41, 5.74) is 1.34. The van der Waals surface area contributed by atoms with E-state index in [0.717, 1.165) is 6.54 Å². The topological polar surface area (TPSA) is 7.12 Å². The highest BCUT2D eigenvalue weighted by atomic mass is 32.1. The molecule has 0 aliphatic heterocycles. The molecule has 2 rings (SSSR count). The van der Waals surface area contributed by atoms with Gasteiger partial charge >= 0.3 is 5.13 Å². The Kier molecular flexibility index (Phi) is 5.84. The third kappa shape index (κ3) is 3.72. The smallest absolute Gasteiger partial charge is 0.255 e. The minimum Gasteiger partial charge on any atom is -0.255 e. The summed E-state index contributed by atoms with van der Waals surface area (Å²) in [7, 11) is 4.39. The zero-order chi connectivity index (χ0) is 14.4. The normalized spacial score (nSPS) is 11.2. The van der Waals surface area contributed by atoms with Crippen molar-refractivity contribution in [3.63, 3.8) is 0 Å². The first-order valence-corrected chi connectivity index (χ1v) is 8.64. The van der Waals surface area contributed by atoms with Crippen LogP contribution in [0, 0.1) is 0 Å². The van der Waals surface area contributed by atoms with Gasteiger partial charge in [-0.2, -0.15) is 0 Å². The summed E-state index contributed by atoms with van der Waals surface area (Å²) in [6.45, 7) is 3.43. The second-order valence-electron chi connectivity index (χ2n) is 5.60. The molecular formula is C17H27N2S+. The van der Waals surface area contributed by atoms with Crippen LogP contribution >= 0.6 is 11.3 Å². The number of fused-ring (bicyclic) bond motifs is 1. The van der Waals surface area contributed by atoms with E-state index in [2.05, 4.69) is 54.8 Å². The molecule has 0 spiro atoms. The van der Waals surface area contributed by atoms with Gasteiger partial charge in [-0.25, -0.2) is 4.57 Å². The summed E-state index contributed by atoms with van der Waals surface area (Å²) in [4.78, 5) is 2.41. The van der Waals surface area contributed by atoms with Crippen LogP contribution in [-0.4, -0.2) is 13.6 Å². The van der Waals surface area contributed by atoms with Gasteiger partial charge in [0.1, 0.15) is 5.52 Å². The fraction of sp³-hybridized carbons (Fsp3) is 0.588. The van der Waals surface area contributed by atoms with Crippen molar-refractivity contribution in [3.8, 4) is 0 Å². The lowest BCUT2D eigenvalue weighted by Gasteiger charge is -2.10. The van der Waals surface area contributed by atoms with E-state index in [1.807, 2.05) is 11.3 Å². The molecule has 110 valence electrons. The Labute approximate surface area is 127 Å². The number of aromatic nitrogens is 1. The summed E-state index contributed by atoms with van der Waals surface area (Å²) in [5.74, 6) is 0. The van der Waals surface area contributed by atoms with E-state index in [-0.39, 0.29) is 0 Å². The monoisotopic (exact) mass is 291 g/mol. The van der Waals surface area contributed by atoms with Gasteiger partial charge in [0, 0.05) is 0 Å². The van der Waals surface area contributed by atoms with Gasteiger partial charge in [0.05, 0.1) is 25.3 Å². The van der Waals surface area contributed by atoms with E-state index in [4.69, 9.17) is 0 Å². The molecule has 1 aromatic heterocycles. The molecule has 0 aliphatic rings.